The van der Waals surface area contributed by atoms with Crippen molar-refractivity contribution in [1.29, 1.82) is 0 Å². The van der Waals surface area contributed by atoms with Gasteiger partial charge in [-0.3, -0.25) is 0 Å². The Morgan fingerprint density at radius 3 is 2.89 bits per heavy atom. The van der Waals surface area contributed by atoms with Crippen molar-refractivity contribution >= 4 is 0 Å². The van der Waals surface area contributed by atoms with Crippen LogP contribution in [0, 0.1) is 0 Å². The minimum Gasteiger partial charge on any atom is -0.492 e. The van der Waals surface area contributed by atoms with Gasteiger partial charge >= 0.3 is 0 Å². The number of ether oxygens (including phenoxy) is 1. The summed E-state index contributed by atoms with van der Waals surface area (Å²) in [5.74, 6) is 2.21. The van der Waals surface area contributed by atoms with Crippen LogP contribution in [0.5, 0.6) is 5.75 Å². The second kappa shape index (κ2) is 3.81. The van der Waals surface area contributed by atoms with Gasteiger partial charge in [0, 0.05) is 5.56 Å². The molecule has 19 heavy (non-hydrogen) atoms. The lowest BCUT2D eigenvalue weighted by atomic mass is 9.78. The maximum absolute atomic E-state index is 6.20. The van der Waals surface area contributed by atoms with Crippen LogP contribution < -0.4 is 10.5 Å². The molecule has 5 nitrogen and oxygen atoms in total. The average molecular weight is 257 g/mol. The van der Waals surface area contributed by atoms with Gasteiger partial charge in [0.25, 0.3) is 0 Å². The van der Waals surface area contributed by atoms with Gasteiger partial charge in [0.05, 0.1) is 11.5 Å². The highest BCUT2D eigenvalue weighted by atomic mass is 16.5. The van der Waals surface area contributed by atoms with Crippen LogP contribution in [0.4, 0.5) is 0 Å². The van der Waals surface area contributed by atoms with Crippen molar-refractivity contribution in [3.8, 4) is 5.75 Å². The Balaban J connectivity index is 1.67. The fourth-order valence-corrected chi connectivity index (χ4v) is 2.73. The molecule has 1 aliphatic heterocycles. The lowest BCUT2D eigenvalue weighted by Gasteiger charge is -2.33. The summed E-state index contributed by atoms with van der Waals surface area (Å²) in [4.78, 5) is 4.50. The number of nitrogens with zero attached hydrogens (tertiary/aromatic N) is 2. The third kappa shape index (κ3) is 1.58. The molecule has 2 N–H and O–H groups in total. The van der Waals surface area contributed by atoms with Gasteiger partial charge < -0.3 is 15.0 Å². The monoisotopic (exact) mass is 257 g/mol. The Bertz CT molecular complexity index is 619. The molecular weight excluding hydrogens is 242 g/mol. The van der Waals surface area contributed by atoms with Crippen molar-refractivity contribution < 1.29 is 9.26 Å². The van der Waals surface area contributed by atoms with Gasteiger partial charge in [-0.05, 0) is 25.3 Å². The van der Waals surface area contributed by atoms with E-state index in [1.807, 2.05) is 24.3 Å². The number of hydrogen-bond donors (Lipinski definition) is 1. The van der Waals surface area contributed by atoms with E-state index in [1.54, 1.807) is 0 Å². The lowest BCUT2D eigenvalue weighted by molar-refractivity contribution is 0.181. The fourth-order valence-electron chi connectivity index (χ4n) is 2.73. The van der Waals surface area contributed by atoms with E-state index in [1.165, 1.54) is 0 Å². The highest BCUT2D eigenvalue weighted by Crippen LogP contribution is 2.40. The van der Waals surface area contributed by atoms with Crippen molar-refractivity contribution in [2.75, 3.05) is 6.61 Å². The number of benzene rings is 1. The summed E-state index contributed by atoms with van der Waals surface area (Å²) in [6, 6.07) is 7.97. The quantitative estimate of drug-likeness (QED) is 0.889. The molecule has 1 fully saturated rings. The molecule has 0 saturated heterocycles. The molecule has 1 aromatic heterocycles. The summed E-state index contributed by atoms with van der Waals surface area (Å²) in [6.45, 7) is 0.565. The number of fused-ring (bicyclic) bond motifs is 1. The number of para-hydroxylation sites is 1. The molecule has 1 saturated carbocycles. The van der Waals surface area contributed by atoms with E-state index >= 15 is 0 Å². The highest BCUT2D eigenvalue weighted by molar-refractivity contribution is 5.42. The molecule has 2 aliphatic rings. The van der Waals surface area contributed by atoms with E-state index in [-0.39, 0.29) is 5.92 Å². The van der Waals surface area contributed by atoms with Crippen LogP contribution in [0.1, 0.15) is 42.5 Å². The Morgan fingerprint density at radius 2 is 2.11 bits per heavy atom. The van der Waals surface area contributed by atoms with E-state index in [9.17, 15) is 0 Å². The molecule has 0 radical (unpaired) electrons. The SMILES string of the molecule is NC1(c2nc(C3COc4ccccc43)no2)CCC1. The van der Waals surface area contributed by atoms with Crippen LogP contribution in [-0.2, 0) is 5.54 Å². The molecule has 0 spiro atoms. The van der Waals surface area contributed by atoms with Gasteiger partial charge in [-0.25, -0.2) is 0 Å². The van der Waals surface area contributed by atoms with Crippen molar-refractivity contribution in [3.05, 3.63) is 41.5 Å². The summed E-state index contributed by atoms with van der Waals surface area (Å²) in [7, 11) is 0. The largest absolute Gasteiger partial charge is 0.492 e. The van der Waals surface area contributed by atoms with Gasteiger partial charge in [-0.2, -0.15) is 4.98 Å². The van der Waals surface area contributed by atoms with E-state index in [2.05, 4.69) is 10.1 Å². The molecule has 0 bridgehead atoms. The molecule has 1 unspecified atom stereocenters. The third-order valence-electron chi connectivity index (χ3n) is 4.13. The van der Waals surface area contributed by atoms with E-state index < -0.39 is 5.54 Å². The number of aromatic nitrogens is 2. The Kier molecular flexibility index (Phi) is 2.20. The minimum atomic E-state index is -0.399. The van der Waals surface area contributed by atoms with Crippen LogP contribution in [0.15, 0.2) is 28.8 Å². The molecule has 4 rings (SSSR count). The zero-order valence-corrected chi connectivity index (χ0v) is 10.5. The second-order valence-corrected chi connectivity index (χ2v) is 5.37. The minimum absolute atomic E-state index is 0.0531. The van der Waals surface area contributed by atoms with Crippen LogP contribution in [0.3, 0.4) is 0 Å². The number of nitrogens with two attached hydrogens (primary N) is 1. The maximum atomic E-state index is 6.20. The first-order valence-corrected chi connectivity index (χ1v) is 6.61. The van der Waals surface area contributed by atoms with Crippen LogP contribution in [0.25, 0.3) is 0 Å². The summed E-state index contributed by atoms with van der Waals surface area (Å²) >= 11 is 0. The van der Waals surface area contributed by atoms with Crippen LogP contribution >= 0.6 is 0 Å². The Morgan fingerprint density at radius 1 is 1.26 bits per heavy atom. The topological polar surface area (TPSA) is 74.2 Å². The lowest BCUT2D eigenvalue weighted by Crippen LogP contribution is -2.43. The molecule has 0 amide bonds. The molecule has 1 aliphatic carbocycles. The van der Waals surface area contributed by atoms with E-state index in [0.29, 0.717) is 18.3 Å². The second-order valence-electron chi connectivity index (χ2n) is 5.37. The Labute approximate surface area is 110 Å². The standard InChI is InChI=1S/C14H15N3O2/c15-14(6-3-7-14)13-16-12(17-19-13)10-8-18-11-5-2-1-4-9(10)11/h1-2,4-5,10H,3,6-8,15H2. The predicted molar refractivity (Wildman–Crippen MR) is 67.8 cm³/mol. The zero-order valence-electron chi connectivity index (χ0n) is 10.5. The first kappa shape index (κ1) is 11.0. The smallest absolute Gasteiger partial charge is 0.246 e. The third-order valence-corrected chi connectivity index (χ3v) is 4.13. The van der Waals surface area contributed by atoms with Gasteiger partial charge in [0.15, 0.2) is 5.82 Å². The number of rotatable bonds is 2. The number of hydrogen-bond acceptors (Lipinski definition) is 5. The van der Waals surface area contributed by atoms with Crippen molar-refractivity contribution in [3.63, 3.8) is 0 Å². The fraction of sp³-hybridized carbons (Fsp3) is 0.429. The van der Waals surface area contributed by atoms with Gasteiger partial charge in [0.1, 0.15) is 12.4 Å². The van der Waals surface area contributed by atoms with Gasteiger partial charge in [-0.15, -0.1) is 0 Å². The molecular formula is C14H15N3O2. The van der Waals surface area contributed by atoms with E-state index in [0.717, 1.165) is 30.6 Å². The average Bonchev–Trinajstić information content (AvgIpc) is 3.02. The normalized spacial score (nSPS) is 23.5. The molecule has 2 aromatic rings. The maximum Gasteiger partial charge on any atom is 0.246 e. The summed E-state index contributed by atoms with van der Waals surface area (Å²) in [6.07, 6.45) is 2.97. The summed E-state index contributed by atoms with van der Waals surface area (Å²) < 4.78 is 11.0. The zero-order chi connectivity index (χ0) is 12.9. The predicted octanol–water partition coefficient (Wildman–Crippen LogP) is 1.93. The Hall–Kier alpha value is -1.88. The summed E-state index contributed by atoms with van der Waals surface area (Å²) in [5, 5.41) is 4.10. The van der Waals surface area contributed by atoms with Crippen molar-refractivity contribution in [2.45, 2.75) is 30.7 Å². The first-order valence-electron chi connectivity index (χ1n) is 6.61. The first-order chi connectivity index (χ1) is 9.26. The highest BCUT2D eigenvalue weighted by Gasteiger charge is 2.41. The summed E-state index contributed by atoms with van der Waals surface area (Å²) in [5.41, 5.74) is 6.92. The van der Waals surface area contributed by atoms with Crippen molar-refractivity contribution in [2.24, 2.45) is 5.73 Å². The molecule has 1 aromatic carbocycles. The van der Waals surface area contributed by atoms with E-state index in [4.69, 9.17) is 15.0 Å². The molecule has 1 atom stereocenters. The molecule has 5 heteroatoms. The van der Waals surface area contributed by atoms with Crippen LogP contribution in [-0.4, -0.2) is 16.7 Å². The van der Waals surface area contributed by atoms with Crippen LogP contribution in [0.2, 0.25) is 0 Å². The molecule has 2 heterocycles. The van der Waals surface area contributed by atoms with Gasteiger partial charge in [0.2, 0.25) is 5.89 Å². The van der Waals surface area contributed by atoms with Gasteiger partial charge in [-0.1, -0.05) is 23.4 Å². The molecule has 98 valence electrons. The van der Waals surface area contributed by atoms with Crippen molar-refractivity contribution in [1.82, 2.24) is 10.1 Å².